The molecule has 0 spiro atoms. The number of imide groups is 1. The molecule has 7 nitrogen and oxygen atoms in total. The third-order valence-electron chi connectivity index (χ3n) is 5.11. The van der Waals surface area contributed by atoms with E-state index in [-0.39, 0.29) is 25.0 Å². The van der Waals surface area contributed by atoms with Gasteiger partial charge in [-0.3, -0.25) is 24.4 Å². The molecule has 28 heavy (non-hydrogen) atoms. The van der Waals surface area contributed by atoms with Crippen molar-refractivity contribution >= 4 is 28.7 Å². The van der Waals surface area contributed by atoms with Gasteiger partial charge in [-0.1, -0.05) is 6.07 Å². The van der Waals surface area contributed by atoms with Gasteiger partial charge in [-0.15, -0.1) is 11.3 Å². The van der Waals surface area contributed by atoms with Gasteiger partial charge in [0.1, 0.15) is 5.70 Å². The number of nitrogens with zero attached hydrogens (tertiary/aromatic N) is 4. The van der Waals surface area contributed by atoms with Crippen molar-refractivity contribution in [2.45, 2.75) is 6.54 Å². The predicted octanol–water partition coefficient (Wildman–Crippen LogP) is 1.03. The van der Waals surface area contributed by atoms with E-state index in [1.807, 2.05) is 34.5 Å². The molecular formula is C20H22N4O3S. The largest absolute Gasteiger partial charge is 0.395 e. The van der Waals surface area contributed by atoms with Crippen LogP contribution in [0.3, 0.4) is 0 Å². The third-order valence-corrected chi connectivity index (χ3v) is 5.99. The molecule has 2 aliphatic heterocycles. The van der Waals surface area contributed by atoms with Crippen LogP contribution in [0.4, 0.5) is 0 Å². The summed E-state index contributed by atoms with van der Waals surface area (Å²) < 4.78 is 0. The summed E-state index contributed by atoms with van der Waals surface area (Å²) in [6.45, 7) is 3.83. The molecule has 1 N–H and O–H groups in total. The Labute approximate surface area is 167 Å². The highest BCUT2D eigenvalue weighted by molar-refractivity contribution is 7.11. The zero-order valence-corrected chi connectivity index (χ0v) is 16.3. The predicted molar refractivity (Wildman–Crippen MR) is 106 cm³/mol. The molecule has 4 heterocycles. The fourth-order valence-corrected chi connectivity index (χ4v) is 4.41. The number of carbonyl (C=O) groups excluding carboxylic acids is 2. The smallest absolute Gasteiger partial charge is 0.278 e. The first-order valence-electron chi connectivity index (χ1n) is 9.30. The first-order valence-corrected chi connectivity index (χ1v) is 10.2. The number of rotatable bonds is 6. The summed E-state index contributed by atoms with van der Waals surface area (Å²) in [6.07, 6.45) is 3.32. The molecule has 0 radical (unpaired) electrons. The van der Waals surface area contributed by atoms with E-state index in [9.17, 15) is 9.59 Å². The Morgan fingerprint density at radius 3 is 2.43 bits per heavy atom. The Morgan fingerprint density at radius 1 is 1.04 bits per heavy atom. The van der Waals surface area contributed by atoms with E-state index in [1.165, 1.54) is 16.2 Å². The lowest BCUT2D eigenvalue weighted by Gasteiger charge is -2.36. The lowest BCUT2D eigenvalue weighted by molar-refractivity contribution is -0.138. The Morgan fingerprint density at radius 2 is 1.79 bits per heavy atom. The van der Waals surface area contributed by atoms with Crippen molar-refractivity contribution in [3.63, 3.8) is 0 Å². The minimum Gasteiger partial charge on any atom is -0.395 e. The van der Waals surface area contributed by atoms with Crippen molar-refractivity contribution in [3.05, 3.63) is 58.2 Å². The van der Waals surface area contributed by atoms with Gasteiger partial charge in [0.2, 0.25) is 0 Å². The minimum absolute atomic E-state index is 0.125. The van der Waals surface area contributed by atoms with Gasteiger partial charge in [0, 0.05) is 50.0 Å². The molecule has 1 saturated heterocycles. The van der Waals surface area contributed by atoms with Crippen molar-refractivity contribution in [2.75, 3.05) is 39.3 Å². The zero-order chi connectivity index (χ0) is 19.5. The van der Waals surface area contributed by atoms with E-state index < -0.39 is 0 Å². The molecule has 2 amide bonds. The SMILES string of the molecule is O=C1C(c2cccs2)=C(N2CCN(CCO)CC2)C(=O)N1Cc1ccncc1. The Kier molecular flexibility index (Phi) is 5.52. The fourth-order valence-electron chi connectivity index (χ4n) is 3.65. The molecule has 4 rings (SSSR count). The fraction of sp³-hybridized carbons (Fsp3) is 0.350. The second kappa shape index (κ2) is 8.22. The monoisotopic (exact) mass is 398 g/mol. The van der Waals surface area contributed by atoms with Crippen LogP contribution in [0, 0.1) is 0 Å². The van der Waals surface area contributed by atoms with E-state index in [0.29, 0.717) is 30.9 Å². The molecule has 0 aromatic carbocycles. The van der Waals surface area contributed by atoms with Crippen LogP contribution in [-0.2, 0) is 16.1 Å². The average molecular weight is 398 g/mol. The summed E-state index contributed by atoms with van der Waals surface area (Å²) in [5.74, 6) is -0.474. The Hall–Kier alpha value is -2.55. The first kappa shape index (κ1) is 18.8. The standard InChI is InChI=1S/C20H22N4O3S/c25-12-11-22-7-9-23(10-8-22)18-17(16-2-1-13-28-16)19(26)24(20(18)27)14-15-3-5-21-6-4-15/h1-6,13,25H,7-12,14H2. The van der Waals surface area contributed by atoms with Gasteiger partial charge in [0.05, 0.1) is 18.7 Å². The van der Waals surface area contributed by atoms with E-state index in [2.05, 4.69) is 9.88 Å². The van der Waals surface area contributed by atoms with Crippen molar-refractivity contribution < 1.29 is 14.7 Å². The number of piperazine rings is 1. The lowest BCUT2D eigenvalue weighted by atomic mass is 10.1. The van der Waals surface area contributed by atoms with Crippen LogP contribution in [0.2, 0.25) is 0 Å². The topological polar surface area (TPSA) is 77.0 Å². The molecule has 0 saturated carbocycles. The van der Waals surface area contributed by atoms with E-state index >= 15 is 0 Å². The first-order chi connectivity index (χ1) is 13.7. The zero-order valence-electron chi connectivity index (χ0n) is 15.5. The summed E-state index contributed by atoms with van der Waals surface area (Å²) in [5.41, 5.74) is 1.88. The Bertz CT molecular complexity index is 874. The number of aliphatic hydroxyl groups is 1. The number of amides is 2. The van der Waals surface area contributed by atoms with Gasteiger partial charge >= 0.3 is 0 Å². The number of thiophene rings is 1. The number of pyridine rings is 1. The number of aliphatic hydroxyl groups excluding tert-OH is 1. The second-order valence-corrected chi connectivity index (χ2v) is 7.75. The molecule has 2 aliphatic rings. The van der Waals surface area contributed by atoms with Gasteiger partial charge in [0.15, 0.2) is 0 Å². The number of carbonyl (C=O) groups is 2. The highest BCUT2D eigenvalue weighted by Gasteiger charge is 2.42. The lowest BCUT2D eigenvalue weighted by Crippen LogP contribution is -2.48. The third kappa shape index (κ3) is 3.58. The summed E-state index contributed by atoms with van der Waals surface area (Å²) >= 11 is 1.47. The van der Waals surface area contributed by atoms with E-state index in [4.69, 9.17) is 5.11 Å². The molecule has 1 fully saturated rings. The quantitative estimate of drug-likeness (QED) is 0.733. The Balaban J connectivity index is 1.63. The van der Waals surface area contributed by atoms with Crippen LogP contribution in [0.5, 0.6) is 0 Å². The minimum atomic E-state index is -0.239. The molecule has 146 valence electrons. The number of hydrogen-bond acceptors (Lipinski definition) is 7. The van der Waals surface area contributed by atoms with Crippen molar-refractivity contribution in [1.82, 2.24) is 19.7 Å². The molecule has 2 aromatic rings. The number of hydrogen-bond donors (Lipinski definition) is 1. The van der Waals surface area contributed by atoms with Crippen LogP contribution in [-0.4, -0.2) is 75.9 Å². The molecular weight excluding hydrogens is 376 g/mol. The number of β-amino-alcohol motifs (C(OH)–C–C–N with tert-alkyl or cyclic N) is 1. The normalized spacial score (nSPS) is 18.5. The molecule has 0 unspecified atom stereocenters. The van der Waals surface area contributed by atoms with Crippen LogP contribution < -0.4 is 0 Å². The molecule has 0 aliphatic carbocycles. The highest BCUT2D eigenvalue weighted by atomic mass is 32.1. The molecule has 8 heteroatoms. The molecule has 0 bridgehead atoms. The maximum Gasteiger partial charge on any atom is 0.278 e. The van der Waals surface area contributed by atoms with Gasteiger partial charge < -0.3 is 10.0 Å². The van der Waals surface area contributed by atoms with Crippen LogP contribution in [0.25, 0.3) is 5.57 Å². The second-order valence-electron chi connectivity index (χ2n) is 6.81. The van der Waals surface area contributed by atoms with Crippen LogP contribution in [0.1, 0.15) is 10.4 Å². The summed E-state index contributed by atoms with van der Waals surface area (Å²) in [5, 5.41) is 11.1. The number of aromatic nitrogens is 1. The van der Waals surface area contributed by atoms with Gasteiger partial charge in [-0.05, 0) is 29.1 Å². The van der Waals surface area contributed by atoms with E-state index in [1.54, 1.807) is 12.4 Å². The summed E-state index contributed by atoms with van der Waals surface area (Å²) in [6, 6.07) is 7.42. The van der Waals surface area contributed by atoms with Gasteiger partial charge in [-0.25, -0.2) is 0 Å². The summed E-state index contributed by atoms with van der Waals surface area (Å²) in [4.78, 5) is 36.8. The van der Waals surface area contributed by atoms with Crippen molar-refractivity contribution in [3.8, 4) is 0 Å². The van der Waals surface area contributed by atoms with Crippen LogP contribution >= 0.6 is 11.3 Å². The van der Waals surface area contributed by atoms with Crippen molar-refractivity contribution in [2.24, 2.45) is 0 Å². The molecule has 2 aromatic heterocycles. The average Bonchev–Trinajstić information content (AvgIpc) is 3.32. The maximum atomic E-state index is 13.3. The van der Waals surface area contributed by atoms with Gasteiger partial charge in [-0.2, -0.15) is 0 Å². The van der Waals surface area contributed by atoms with Gasteiger partial charge in [0.25, 0.3) is 11.8 Å². The van der Waals surface area contributed by atoms with Crippen molar-refractivity contribution in [1.29, 1.82) is 0 Å². The molecule has 0 atom stereocenters. The highest BCUT2D eigenvalue weighted by Crippen LogP contribution is 2.35. The summed E-state index contributed by atoms with van der Waals surface area (Å²) in [7, 11) is 0. The van der Waals surface area contributed by atoms with E-state index in [0.717, 1.165) is 23.5 Å². The van der Waals surface area contributed by atoms with Crippen LogP contribution in [0.15, 0.2) is 47.7 Å². The maximum absolute atomic E-state index is 13.3.